The molecule has 1 aliphatic heterocycles. The van der Waals surface area contributed by atoms with Gasteiger partial charge in [0.25, 0.3) is 0 Å². The molecule has 0 spiro atoms. The summed E-state index contributed by atoms with van der Waals surface area (Å²) in [7, 11) is 1.30. The van der Waals surface area contributed by atoms with E-state index in [2.05, 4.69) is 10.1 Å². The van der Waals surface area contributed by atoms with Crippen LogP contribution in [0, 0.1) is 0 Å². The van der Waals surface area contributed by atoms with Crippen molar-refractivity contribution in [2.24, 2.45) is 4.99 Å². The van der Waals surface area contributed by atoms with Crippen LogP contribution in [0.5, 0.6) is 0 Å². The molecular weight excluding hydrogens is 487 g/mol. The zero-order valence-electron chi connectivity index (χ0n) is 14.5. The van der Waals surface area contributed by atoms with Crippen LogP contribution in [-0.2, 0) is 22.2 Å². The van der Waals surface area contributed by atoms with Crippen LogP contribution in [0.1, 0.15) is 11.3 Å². The smallest absolute Gasteiger partial charge is 0.578 e. The zero-order valence-corrected chi connectivity index (χ0v) is 16.8. The lowest BCUT2D eigenvalue weighted by Crippen LogP contribution is -2.28. The van der Waals surface area contributed by atoms with Gasteiger partial charge in [-0.2, -0.15) is 18.3 Å². The van der Waals surface area contributed by atoms with E-state index in [0.717, 1.165) is 5.06 Å². The van der Waals surface area contributed by atoms with Crippen molar-refractivity contribution in [3.63, 3.8) is 0 Å². The average molecular weight is 496 g/mol. The fourth-order valence-electron chi connectivity index (χ4n) is 2.52. The van der Waals surface area contributed by atoms with Crippen molar-refractivity contribution in [2.75, 3.05) is 19.5 Å². The van der Waals surface area contributed by atoms with Gasteiger partial charge in [0.05, 0.1) is 15.6 Å². The summed E-state index contributed by atoms with van der Waals surface area (Å²) in [5.41, 5.74) is -1.64. The highest BCUT2D eigenvalue weighted by molar-refractivity contribution is 7.92. The molecule has 0 saturated heterocycles. The average Bonchev–Trinajstić information content (AvgIpc) is 3.15. The Morgan fingerprint density at radius 3 is 2.17 bits per heavy atom. The third kappa shape index (κ3) is 4.01. The minimum Gasteiger partial charge on any atom is -0.604 e. The van der Waals surface area contributed by atoms with E-state index in [1.165, 1.54) is 7.05 Å². The molecule has 0 fully saturated rings. The highest BCUT2D eigenvalue weighted by atomic mass is 35.5. The Bertz CT molecular complexity index is 1000. The van der Waals surface area contributed by atoms with Crippen molar-refractivity contribution >= 4 is 46.0 Å². The number of hydrogen-bond acceptors (Lipinski definition) is 6. The first-order chi connectivity index (χ1) is 13.7. The number of aromatic nitrogens is 2. The molecule has 1 aliphatic rings. The summed E-state index contributed by atoms with van der Waals surface area (Å²) in [5, 5.41) is 3.63. The molecule has 30 heavy (non-hydrogen) atoms. The number of halogens is 8. The maximum Gasteiger partial charge on any atom is 0.578 e. The van der Waals surface area contributed by atoms with Crippen LogP contribution in [0.4, 0.5) is 32.2 Å². The Labute approximate surface area is 177 Å². The van der Waals surface area contributed by atoms with E-state index in [9.17, 15) is 30.9 Å². The number of alkyl halides is 6. The van der Waals surface area contributed by atoms with Crippen molar-refractivity contribution in [2.45, 2.75) is 16.6 Å². The van der Waals surface area contributed by atoms with E-state index in [0.29, 0.717) is 16.8 Å². The number of amidine groups is 1. The van der Waals surface area contributed by atoms with Crippen LogP contribution in [-0.4, -0.2) is 44.5 Å². The minimum atomic E-state index is -5.22. The summed E-state index contributed by atoms with van der Waals surface area (Å²) in [4.78, 5) is 7.83. The van der Waals surface area contributed by atoms with Gasteiger partial charge >= 0.3 is 11.7 Å². The highest BCUT2D eigenvalue weighted by Crippen LogP contribution is 2.41. The second-order valence-corrected chi connectivity index (χ2v) is 7.94. The topological polar surface area (TPSA) is 91.7 Å². The third-order valence-electron chi connectivity index (χ3n) is 3.80. The summed E-state index contributed by atoms with van der Waals surface area (Å²) in [6, 6.07) is 1.01. The number of nitrogens with two attached hydrogens (primary N) is 1. The molecule has 2 aromatic rings. The first-order valence-electron chi connectivity index (χ1n) is 7.58. The zero-order chi connectivity index (χ0) is 22.6. The molecule has 0 bridgehead atoms. The Kier molecular flexibility index (Phi) is 5.83. The van der Waals surface area contributed by atoms with Gasteiger partial charge < -0.3 is 10.3 Å². The summed E-state index contributed by atoms with van der Waals surface area (Å²) >= 11 is 8.15. The van der Waals surface area contributed by atoms with E-state index < -0.39 is 60.6 Å². The third-order valence-corrected chi connectivity index (χ3v) is 5.57. The van der Waals surface area contributed by atoms with Crippen molar-refractivity contribution in [3.05, 3.63) is 33.4 Å². The number of anilines is 1. The van der Waals surface area contributed by atoms with Gasteiger partial charge in [0, 0.05) is 7.05 Å². The van der Waals surface area contributed by atoms with Gasteiger partial charge in [0.2, 0.25) is 4.90 Å². The molecule has 7 nitrogen and oxygen atoms in total. The molecule has 16 heteroatoms. The number of aliphatic imine (C=N–C) groups is 1. The highest BCUT2D eigenvalue weighted by Gasteiger charge is 2.51. The maximum absolute atomic E-state index is 13.2. The molecule has 0 amide bonds. The van der Waals surface area contributed by atoms with Crippen LogP contribution < -0.4 is 5.73 Å². The van der Waals surface area contributed by atoms with E-state index in [1.54, 1.807) is 0 Å². The molecule has 0 radical (unpaired) electrons. The standard InChI is InChI=1S/C14H9Cl2F6N5O2S/c1-26-12(24-4-29-26)8-10(30(28)14(20,21)22)11(23)27(25-8)9-6(15)2-5(3-7(9)16)13(17,18)19/h2-3H,4,23H2,1H3. The fraction of sp³-hybridized carbons (Fsp3) is 0.286. The predicted octanol–water partition coefficient (Wildman–Crippen LogP) is 3.99. The second-order valence-electron chi connectivity index (χ2n) is 5.71. The number of nitrogens with zero attached hydrogens (tertiary/aromatic N) is 4. The molecule has 3 rings (SSSR count). The van der Waals surface area contributed by atoms with Crippen molar-refractivity contribution in [1.82, 2.24) is 14.8 Å². The number of rotatable bonds is 3. The van der Waals surface area contributed by atoms with Crippen molar-refractivity contribution < 1.29 is 35.7 Å². The van der Waals surface area contributed by atoms with Gasteiger partial charge in [-0.25, -0.2) is 19.6 Å². The number of benzene rings is 1. The molecule has 1 atom stereocenters. The van der Waals surface area contributed by atoms with Gasteiger partial charge in [-0.05, 0) is 12.1 Å². The lowest BCUT2D eigenvalue weighted by Gasteiger charge is -2.15. The fourth-order valence-corrected chi connectivity index (χ4v) is 3.99. The van der Waals surface area contributed by atoms with Crippen molar-refractivity contribution in [1.29, 1.82) is 0 Å². The Morgan fingerprint density at radius 2 is 1.73 bits per heavy atom. The first-order valence-corrected chi connectivity index (χ1v) is 9.49. The normalized spacial score (nSPS) is 16.2. The van der Waals surface area contributed by atoms with Crippen LogP contribution in [0.3, 0.4) is 0 Å². The van der Waals surface area contributed by atoms with Gasteiger partial charge in [0.1, 0.15) is 16.9 Å². The first kappa shape index (κ1) is 22.8. The van der Waals surface area contributed by atoms with Crippen LogP contribution in [0.2, 0.25) is 10.0 Å². The molecule has 164 valence electrons. The minimum absolute atomic E-state index is 0.229. The molecule has 1 unspecified atom stereocenters. The van der Waals surface area contributed by atoms with Crippen LogP contribution in [0.15, 0.2) is 22.0 Å². The quantitative estimate of drug-likeness (QED) is 0.513. The molecular formula is C14H9Cl2F6N5O2S. The van der Waals surface area contributed by atoms with Crippen LogP contribution >= 0.6 is 23.2 Å². The van der Waals surface area contributed by atoms with E-state index in [4.69, 9.17) is 33.8 Å². The van der Waals surface area contributed by atoms with E-state index in [1.807, 2.05) is 0 Å². The summed E-state index contributed by atoms with van der Waals surface area (Å²) < 4.78 is 91.1. The molecule has 2 heterocycles. The summed E-state index contributed by atoms with van der Waals surface area (Å²) in [6.45, 7) is -0.252. The molecule has 2 N–H and O–H groups in total. The molecule has 1 aromatic heterocycles. The predicted molar refractivity (Wildman–Crippen MR) is 95.7 cm³/mol. The molecule has 0 saturated carbocycles. The Balaban J connectivity index is 2.27. The van der Waals surface area contributed by atoms with Crippen LogP contribution in [0.25, 0.3) is 5.69 Å². The summed E-state index contributed by atoms with van der Waals surface area (Å²) in [6.07, 6.45) is -4.78. The Hall–Kier alpha value is -1.87. The molecule has 0 aliphatic carbocycles. The van der Waals surface area contributed by atoms with E-state index >= 15 is 0 Å². The lowest BCUT2D eigenvalue weighted by molar-refractivity contribution is -0.137. The number of hydrogen-bond donors (Lipinski definition) is 1. The summed E-state index contributed by atoms with van der Waals surface area (Å²) in [5.74, 6) is -1.03. The largest absolute Gasteiger partial charge is 0.604 e. The van der Waals surface area contributed by atoms with Gasteiger partial charge in [-0.1, -0.05) is 23.2 Å². The van der Waals surface area contributed by atoms with Crippen molar-refractivity contribution in [3.8, 4) is 5.69 Å². The Morgan fingerprint density at radius 1 is 1.17 bits per heavy atom. The van der Waals surface area contributed by atoms with Gasteiger partial charge in [-0.15, -0.1) is 13.2 Å². The van der Waals surface area contributed by atoms with E-state index in [-0.39, 0.29) is 12.6 Å². The van der Waals surface area contributed by atoms with Gasteiger partial charge in [0.15, 0.2) is 24.1 Å². The second kappa shape index (κ2) is 7.67. The SMILES string of the molecule is CN1OCN=C1c1nn(-c2c(Cl)cc(C(F)(F)F)cc2Cl)c(N)c1[S+]([O-])C(F)(F)F. The number of nitrogen functional groups attached to an aromatic ring is 1. The maximum atomic E-state index is 13.2. The molecule has 1 aromatic carbocycles. The number of hydroxylamine groups is 2. The lowest BCUT2D eigenvalue weighted by atomic mass is 10.2. The monoisotopic (exact) mass is 495 g/mol. The van der Waals surface area contributed by atoms with Gasteiger partial charge in [-0.3, -0.25) is 0 Å².